The van der Waals surface area contributed by atoms with E-state index in [1.54, 1.807) is 31.9 Å². The standard InChI is InChI=1S/C29H40N4O6.2ClH/c1-7-8-12-31-13-15-32(16-14-31)18-29(4,5)19-39-28(36)25-21(3)30(6)20(2)24(27(34)35)26(25)22-10-9-11-23(17-22)33(37)38;;/h7-11,17,26H,12-16,18-19H2,1-6H3,(H,34,35);2*1H. The molecule has 41 heavy (non-hydrogen) atoms. The molecule has 2 heterocycles. The van der Waals surface area contributed by atoms with Gasteiger partial charge in [0.15, 0.2) is 0 Å². The molecule has 228 valence electrons. The molecular formula is C29H42Cl2N4O6. The maximum absolute atomic E-state index is 13.6. The first kappa shape index (κ1) is 36.1. The molecule has 0 bridgehead atoms. The number of hydrogen-bond acceptors (Lipinski definition) is 8. The maximum atomic E-state index is 13.6. The van der Waals surface area contributed by atoms with Crippen molar-refractivity contribution in [2.45, 2.75) is 40.5 Å². The highest BCUT2D eigenvalue weighted by atomic mass is 35.5. The van der Waals surface area contributed by atoms with Crippen molar-refractivity contribution < 1.29 is 24.4 Å². The fourth-order valence-corrected chi connectivity index (χ4v) is 5.24. The average molecular weight is 614 g/mol. The molecule has 0 saturated carbocycles. The second kappa shape index (κ2) is 15.3. The number of esters is 1. The molecule has 12 heteroatoms. The molecule has 1 aromatic carbocycles. The van der Waals surface area contributed by atoms with Crippen molar-refractivity contribution >= 4 is 42.4 Å². The molecule has 0 amide bonds. The van der Waals surface area contributed by atoms with Gasteiger partial charge in [0.25, 0.3) is 5.69 Å². The molecule has 10 nitrogen and oxygen atoms in total. The molecule has 1 unspecified atom stereocenters. The zero-order valence-electron chi connectivity index (χ0n) is 24.6. The Kier molecular flexibility index (Phi) is 13.5. The second-order valence-corrected chi connectivity index (χ2v) is 11.0. The number of carbonyl (C=O) groups excluding carboxylic acids is 1. The number of carboxylic acid groups (broad SMARTS) is 1. The van der Waals surface area contributed by atoms with Gasteiger partial charge in [-0.15, -0.1) is 24.8 Å². The van der Waals surface area contributed by atoms with Gasteiger partial charge in [0.05, 0.1) is 28.6 Å². The van der Waals surface area contributed by atoms with Crippen LogP contribution in [-0.4, -0.2) is 89.6 Å². The average Bonchev–Trinajstić information content (AvgIpc) is 2.89. The molecule has 3 rings (SSSR count). The van der Waals surface area contributed by atoms with Gasteiger partial charge in [0.2, 0.25) is 0 Å². The number of piperazine rings is 1. The van der Waals surface area contributed by atoms with E-state index in [0.29, 0.717) is 17.0 Å². The fraction of sp³-hybridized carbons (Fsp3) is 0.517. The molecule has 1 fully saturated rings. The Hall–Kier alpha value is -2.92. The van der Waals surface area contributed by atoms with E-state index in [2.05, 4.69) is 22.0 Å². The number of non-ortho nitro benzene ring substituents is 1. The Morgan fingerprint density at radius 1 is 1.10 bits per heavy atom. The lowest BCUT2D eigenvalue weighted by atomic mass is 9.79. The molecule has 2 aliphatic heterocycles. The van der Waals surface area contributed by atoms with Crippen LogP contribution in [0.25, 0.3) is 0 Å². The monoisotopic (exact) mass is 612 g/mol. The highest BCUT2D eigenvalue weighted by Crippen LogP contribution is 2.42. The highest BCUT2D eigenvalue weighted by Gasteiger charge is 2.40. The van der Waals surface area contributed by atoms with Gasteiger partial charge in [-0.05, 0) is 26.3 Å². The number of rotatable bonds is 10. The largest absolute Gasteiger partial charge is 0.478 e. The first-order valence-electron chi connectivity index (χ1n) is 13.2. The predicted molar refractivity (Wildman–Crippen MR) is 164 cm³/mol. The number of halogens is 2. The van der Waals surface area contributed by atoms with Gasteiger partial charge in [-0.3, -0.25) is 15.0 Å². The molecule has 0 aromatic heterocycles. The molecular weight excluding hydrogens is 571 g/mol. The van der Waals surface area contributed by atoms with E-state index in [1.165, 1.54) is 18.2 Å². The minimum absolute atomic E-state index is 0. The fourth-order valence-electron chi connectivity index (χ4n) is 5.24. The summed E-state index contributed by atoms with van der Waals surface area (Å²) in [6.45, 7) is 15.2. The van der Waals surface area contributed by atoms with E-state index in [1.807, 2.05) is 20.8 Å². The number of carboxylic acids is 1. The summed E-state index contributed by atoms with van der Waals surface area (Å²) in [6, 6.07) is 5.78. The predicted octanol–water partition coefficient (Wildman–Crippen LogP) is 4.86. The van der Waals surface area contributed by atoms with Crippen LogP contribution in [0.15, 0.2) is 59.0 Å². The van der Waals surface area contributed by atoms with Crippen LogP contribution in [0.4, 0.5) is 5.69 Å². The minimum Gasteiger partial charge on any atom is -0.478 e. The van der Waals surface area contributed by atoms with Gasteiger partial charge >= 0.3 is 11.9 Å². The van der Waals surface area contributed by atoms with E-state index in [9.17, 15) is 24.8 Å². The summed E-state index contributed by atoms with van der Waals surface area (Å²) in [5.74, 6) is -2.81. The summed E-state index contributed by atoms with van der Waals surface area (Å²) in [5.41, 5.74) is 1.02. The summed E-state index contributed by atoms with van der Waals surface area (Å²) in [4.78, 5) is 43.4. The van der Waals surface area contributed by atoms with Crippen LogP contribution in [-0.2, 0) is 14.3 Å². The van der Waals surface area contributed by atoms with Crippen LogP contribution < -0.4 is 0 Å². The first-order valence-corrected chi connectivity index (χ1v) is 13.2. The second-order valence-electron chi connectivity index (χ2n) is 11.0. The molecule has 0 spiro atoms. The number of nitro benzene ring substituents is 1. The summed E-state index contributed by atoms with van der Waals surface area (Å²) >= 11 is 0. The zero-order chi connectivity index (χ0) is 28.9. The molecule has 0 radical (unpaired) electrons. The molecule has 0 aliphatic carbocycles. The van der Waals surface area contributed by atoms with E-state index >= 15 is 0 Å². The third-order valence-electron chi connectivity index (χ3n) is 7.54. The summed E-state index contributed by atoms with van der Waals surface area (Å²) in [5, 5.41) is 21.6. The van der Waals surface area contributed by atoms with E-state index < -0.39 is 22.8 Å². The number of allylic oxidation sites excluding steroid dienone is 3. The van der Waals surface area contributed by atoms with Crippen LogP contribution in [0.5, 0.6) is 0 Å². The van der Waals surface area contributed by atoms with Gasteiger partial charge in [-0.1, -0.05) is 38.1 Å². The van der Waals surface area contributed by atoms with Crippen molar-refractivity contribution in [2.24, 2.45) is 5.41 Å². The van der Waals surface area contributed by atoms with Crippen molar-refractivity contribution in [1.29, 1.82) is 0 Å². The molecule has 1 saturated heterocycles. The molecule has 1 aromatic rings. The van der Waals surface area contributed by atoms with Crippen LogP contribution in [0.3, 0.4) is 0 Å². The molecule has 2 aliphatic rings. The van der Waals surface area contributed by atoms with Gasteiger partial charge in [0, 0.05) is 75.3 Å². The Bertz CT molecular complexity index is 1210. The van der Waals surface area contributed by atoms with Gasteiger partial charge < -0.3 is 19.6 Å². The zero-order valence-corrected chi connectivity index (χ0v) is 26.2. The SMILES string of the molecule is CC=CCN1CCN(CC(C)(C)COC(=O)C2=C(C)N(C)C(C)=C(C(=O)O)C2c2cccc([N+](=O)[O-])c2)CC1.Cl.Cl. The van der Waals surface area contributed by atoms with Gasteiger partial charge in [-0.2, -0.15) is 0 Å². The summed E-state index contributed by atoms with van der Waals surface area (Å²) in [7, 11) is 1.70. The smallest absolute Gasteiger partial charge is 0.336 e. The number of carbonyl (C=O) groups is 2. The maximum Gasteiger partial charge on any atom is 0.336 e. The third-order valence-corrected chi connectivity index (χ3v) is 7.54. The van der Waals surface area contributed by atoms with E-state index in [-0.39, 0.29) is 53.7 Å². The molecule has 1 atom stereocenters. The number of benzene rings is 1. The topological polar surface area (TPSA) is 116 Å². The van der Waals surface area contributed by atoms with Crippen LogP contribution in [0.2, 0.25) is 0 Å². The third kappa shape index (κ3) is 8.78. The van der Waals surface area contributed by atoms with Crippen molar-refractivity contribution in [2.75, 3.05) is 52.9 Å². The summed E-state index contributed by atoms with van der Waals surface area (Å²) < 4.78 is 5.85. The van der Waals surface area contributed by atoms with Crippen LogP contribution in [0.1, 0.15) is 46.1 Å². The lowest BCUT2D eigenvalue weighted by molar-refractivity contribution is -0.384. The van der Waals surface area contributed by atoms with Crippen molar-refractivity contribution in [3.05, 3.63) is 74.6 Å². The van der Waals surface area contributed by atoms with Crippen molar-refractivity contribution in [3.8, 4) is 0 Å². The minimum atomic E-state index is -1.19. The number of ether oxygens (including phenoxy) is 1. The number of nitro groups is 1. The normalized spacial score (nSPS) is 18.7. The quantitative estimate of drug-likeness (QED) is 0.171. The van der Waals surface area contributed by atoms with Crippen molar-refractivity contribution in [3.63, 3.8) is 0 Å². The Balaban J connectivity index is 0.00000420. The van der Waals surface area contributed by atoms with E-state index in [0.717, 1.165) is 39.3 Å². The number of nitrogens with zero attached hydrogens (tertiary/aromatic N) is 4. The Morgan fingerprint density at radius 3 is 2.24 bits per heavy atom. The highest BCUT2D eigenvalue weighted by molar-refractivity contribution is 5.99. The lowest BCUT2D eigenvalue weighted by Gasteiger charge is -2.39. The Morgan fingerprint density at radius 2 is 1.68 bits per heavy atom. The van der Waals surface area contributed by atoms with Crippen LogP contribution >= 0.6 is 24.8 Å². The number of hydrogen-bond donors (Lipinski definition) is 1. The first-order chi connectivity index (χ1) is 18.4. The number of aliphatic carboxylic acids is 1. The van der Waals surface area contributed by atoms with Crippen molar-refractivity contribution in [1.82, 2.24) is 14.7 Å². The van der Waals surface area contributed by atoms with Gasteiger partial charge in [-0.25, -0.2) is 9.59 Å². The Labute approximate surface area is 254 Å². The lowest BCUT2D eigenvalue weighted by Crippen LogP contribution is -2.49. The summed E-state index contributed by atoms with van der Waals surface area (Å²) in [6.07, 6.45) is 4.22. The van der Waals surface area contributed by atoms with Crippen LogP contribution in [0, 0.1) is 15.5 Å². The molecule has 1 N–H and O–H groups in total. The van der Waals surface area contributed by atoms with E-state index in [4.69, 9.17) is 4.74 Å². The van der Waals surface area contributed by atoms with Gasteiger partial charge in [0.1, 0.15) is 0 Å².